The van der Waals surface area contributed by atoms with E-state index in [0.717, 1.165) is 18.4 Å². The Morgan fingerprint density at radius 1 is 1.38 bits per heavy atom. The summed E-state index contributed by atoms with van der Waals surface area (Å²) in [5.41, 5.74) is 6.91. The van der Waals surface area contributed by atoms with Crippen molar-refractivity contribution < 1.29 is 4.92 Å². The molecule has 0 saturated carbocycles. The zero-order valence-electron chi connectivity index (χ0n) is 9.77. The number of nitro groups is 1. The van der Waals surface area contributed by atoms with Crippen molar-refractivity contribution >= 4 is 5.69 Å². The molecule has 0 fully saturated rings. The van der Waals surface area contributed by atoms with Crippen LogP contribution in [0.2, 0.25) is 0 Å². The minimum absolute atomic E-state index is 0.0795. The summed E-state index contributed by atoms with van der Waals surface area (Å²) < 4.78 is 0. The van der Waals surface area contributed by atoms with E-state index in [1.165, 1.54) is 0 Å². The standard InChI is InChI=1S/C12H18N2O2/c1-3-8-12(2,9-13)10-4-6-11(7-5-10)14(15)16/h4-7H,3,8-9,13H2,1-2H3. The molecule has 1 aromatic rings. The fourth-order valence-corrected chi connectivity index (χ4v) is 1.90. The van der Waals surface area contributed by atoms with Gasteiger partial charge in [0.2, 0.25) is 0 Å². The highest BCUT2D eigenvalue weighted by Gasteiger charge is 2.24. The van der Waals surface area contributed by atoms with Crippen LogP contribution in [0.3, 0.4) is 0 Å². The molecule has 4 heteroatoms. The summed E-state index contributed by atoms with van der Waals surface area (Å²) in [6.45, 7) is 4.76. The van der Waals surface area contributed by atoms with E-state index in [1.54, 1.807) is 24.3 Å². The Morgan fingerprint density at radius 3 is 2.31 bits per heavy atom. The van der Waals surface area contributed by atoms with Crippen molar-refractivity contribution in [2.45, 2.75) is 32.1 Å². The molecular weight excluding hydrogens is 204 g/mol. The third kappa shape index (κ3) is 2.58. The molecule has 1 atom stereocenters. The van der Waals surface area contributed by atoms with Crippen LogP contribution >= 0.6 is 0 Å². The largest absolute Gasteiger partial charge is 0.330 e. The molecule has 2 N–H and O–H groups in total. The van der Waals surface area contributed by atoms with E-state index >= 15 is 0 Å². The first kappa shape index (κ1) is 12.6. The van der Waals surface area contributed by atoms with Crippen molar-refractivity contribution in [2.24, 2.45) is 5.73 Å². The van der Waals surface area contributed by atoms with Gasteiger partial charge in [0.1, 0.15) is 0 Å². The molecule has 1 rings (SSSR count). The van der Waals surface area contributed by atoms with Crippen LogP contribution in [0.4, 0.5) is 5.69 Å². The van der Waals surface area contributed by atoms with Crippen molar-refractivity contribution in [3.63, 3.8) is 0 Å². The van der Waals surface area contributed by atoms with Crippen LogP contribution in [0, 0.1) is 10.1 Å². The van der Waals surface area contributed by atoms with Crippen LogP contribution in [0.15, 0.2) is 24.3 Å². The average Bonchev–Trinajstić information content (AvgIpc) is 2.29. The smallest absolute Gasteiger partial charge is 0.269 e. The molecule has 0 amide bonds. The van der Waals surface area contributed by atoms with Crippen molar-refractivity contribution in [3.05, 3.63) is 39.9 Å². The molecular formula is C12H18N2O2. The van der Waals surface area contributed by atoms with E-state index in [1.807, 2.05) is 0 Å². The Kier molecular flexibility index (Phi) is 4.01. The molecule has 88 valence electrons. The van der Waals surface area contributed by atoms with E-state index in [9.17, 15) is 10.1 Å². The Bertz CT molecular complexity index is 362. The van der Waals surface area contributed by atoms with E-state index in [2.05, 4.69) is 13.8 Å². The lowest BCUT2D eigenvalue weighted by Crippen LogP contribution is -2.31. The lowest BCUT2D eigenvalue weighted by molar-refractivity contribution is -0.384. The molecule has 16 heavy (non-hydrogen) atoms. The second kappa shape index (κ2) is 5.07. The molecule has 0 spiro atoms. The highest BCUT2D eigenvalue weighted by Crippen LogP contribution is 2.29. The van der Waals surface area contributed by atoms with Gasteiger partial charge in [-0.3, -0.25) is 10.1 Å². The Morgan fingerprint density at radius 2 is 1.94 bits per heavy atom. The molecule has 0 radical (unpaired) electrons. The SMILES string of the molecule is CCCC(C)(CN)c1ccc([N+](=O)[O-])cc1. The predicted molar refractivity (Wildman–Crippen MR) is 64.4 cm³/mol. The fourth-order valence-electron chi connectivity index (χ4n) is 1.90. The Hall–Kier alpha value is -1.42. The summed E-state index contributed by atoms with van der Waals surface area (Å²) >= 11 is 0. The number of rotatable bonds is 5. The zero-order chi connectivity index (χ0) is 12.2. The third-order valence-electron chi connectivity index (χ3n) is 3.03. The maximum Gasteiger partial charge on any atom is 0.269 e. The molecule has 1 aromatic carbocycles. The van der Waals surface area contributed by atoms with E-state index < -0.39 is 0 Å². The summed E-state index contributed by atoms with van der Waals surface area (Å²) in [6.07, 6.45) is 2.03. The highest BCUT2D eigenvalue weighted by molar-refractivity contribution is 5.36. The van der Waals surface area contributed by atoms with Gasteiger partial charge >= 0.3 is 0 Å². The fraction of sp³-hybridized carbons (Fsp3) is 0.500. The Balaban J connectivity index is 2.99. The number of benzene rings is 1. The first-order valence-electron chi connectivity index (χ1n) is 5.48. The van der Waals surface area contributed by atoms with Gasteiger partial charge in [-0.25, -0.2) is 0 Å². The van der Waals surface area contributed by atoms with Gasteiger partial charge in [0.15, 0.2) is 0 Å². The molecule has 0 saturated heterocycles. The number of nitrogens with two attached hydrogens (primary N) is 1. The maximum absolute atomic E-state index is 10.5. The van der Waals surface area contributed by atoms with Gasteiger partial charge in [-0.2, -0.15) is 0 Å². The number of hydrogen-bond donors (Lipinski definition) is 1. The minimum atomic E-state index is -0.386. The molecule has 0 bridgehead atoms. The number of non-ortho nitro benzene ring substituents is 1. The second-order valence-corrected chi connectivity index (χ2v) is 4.32. The van der Waals surface area contributed by atoms with Crippen LogP contribution in [0.5, 0.6) is 0 Å². The first-order valence-corrected chi connectivity index (χ1v) is 5.48. The van der Waals surface area contributed by atoms with Crippen LogP contribution in [0.1, 0.15) is 32.3 Å². The monoisotopic (exact) mass is 222 g/mol. The zero-order valence-corrected chi connectivity index (χ0v) is 9.77. The van der Waals surface area contributed by atoms with Gasteiger partial charge in [0.25, 0.3) is 5.69 Å². The van der Waals surface area contributed by atoms with Crippen LogP contribution in [0.25, 0.3) is 0 Å². The molecule has 0 aliphatic carbocycles. The van der Waals surface area contributed by atoms with Crippen molar-refractivity contribution in [2.75, 3.05) is 6.54 Å². The van der Waals surface area contributed by atoms with Gasteiger partial charge in [0.05, 0.1) is 4.92 Å². The topological polar surface area (TPSA) is 69.2 Å². The molecule has 0 aromatic heterocycles. The Labute approximate surface area is 95.6 Å². The van der Waals surface area contributed by atoms with Crippen LogP contribution in [-0.4, -0.2) is 11.5 Å². The van der Waals surface area contributed by atoms with Gasteiger partial charge in [-0.05, 0) is 12.0 Å². The normalized spacial score (nSPS) is 14.4. The van der Waals surface area contributed by atoms with Gasteiger partial charge in [0, 0.05) is 24.1 Å². The minimum Gasteiger partial charge on any atom is -0.330 e. The summed E-state index contributed by atoms with van der Waals surface area (Å²) in [7, 11) is 0. The quantitative estimate of drug-likeness (QED) is 0.615. The highest BCUT2D eigenvalue weighted by atomic mass is 16.6. The second-order valence-electron chi connectivity index (χ2n) is 4.32. The summed E-state index contributed by atoms with van der Waals surface area (Å²) in [5.74, 6) is 0. The molecule has 4 nitrogen and oxygen atoms in total. The predicted octanol–water partition coefficient (Wildman–Crippen LogP) is 2.61. The number of hydrogen-bond acceptors (Lipinski definition) is 3. The molecule has 0 aliphatic heterocycles. The van der Waals surface area contributed by atoms with E-state index in [4.69, 9.17) is 5.73 Å². The average molecular weight is 222 g/mol. The number of nitro benzene ring substituents is 1. The van der Waals surface area contributed by atoms with Crippen LogP contribution in [-0.2, 0) is 5.41 Å². The first-order chi connectivity index (χ1) is 7.53. The van der Waals surface area contributed by atoms with Gasteiger partial charge in [-0.15, -0.1) is 0 Å². The van der Waals surface area contributed by atoms with E-state index in [0.29, 0.717) is 6.54 Å². The van der Waals surface area contributed by atoms with Gasteiger partial charge in [-0.1, -0.05) is 32.4 Å². The molecule has 1 unspecified atom stereocenters. The maximum atomic E-state index is 10.5. The van der Waals surface area contributed by atoms with Gasteiger partial charge < -0.3 is 5.73 Å². The molecule has 0 aliphatic rings. The number of nitrogens with zero attached hydrogens (tertiary/aromatic N) is 1. The summed E-state index contributed by atoms with van der Waals surface area (Å²) in [5, 5.41) is 10.5. The van der Waals surface area contributed by atoms with Crippen molar-refractivity contribution in [3.8, 4) is 0 Å². The molecule has 0 heterocycles. The lowest BCUT2D eigenvalue weighted by Gasteiger charge is -2.28. The van der Waals surface area contributed by atoms with Crippen molar-refractivity contribution in [1.82, 2.24) is 0 Å². The third-order valence-corrected chi connectivity index (χ3v) is 3.03. The van der Waals surface area contributed by atoms with Crippen LogP contribution < -0.4 is 5.73 Å². The van der Waals surface area contributed by atoms with Crippen molar-refractivity contribution in [1.29, 1.82) is 0 Å². The van der Waals surface area contributed by atoms with E-state index in [-0.39, 0.29) is 16.0 Å². The summed E-state index contributed by atoms with van der Waals surface area (Å²) in [4.78, 5) is 10.2. The lowest BCUT2D eigenvalue weighted by atomic mass is 9.79. The summed E-state index contributed by atoms with van der Waals surface area (Å²) in [6, 6.07) is 6.69.